The molecule has 0 aliphatic carbocycles. The molecule has 140 valence electrons. The summed E-state index contributed by atoms with van der Waals surface area (Å²) >= 11 is 0. The average Bonchev–Trinajstić information content (AvgIpc) is 2.62. The van der Waals surface area contributed by atoms with E-state index in [4.69, 9.17) is 18.9 Å². The molecule has 0 amide bonds. The van der Waals surface area contributed by atoms with Crippen LogP contribution in [0.5, 0.6) is 5.75 Å². The fourth-order valence-electron chi connectivity index (χ4n) is 2.53. The third kappa shape index (κ3) is 8.87. The number of rotatable bonds is 14. The van der Waals surface area contributed by atoms with Crippen molar-refractivity contribution in [1.82, 2.24) is 0 Å². The van der Waals surface area contributed by atoms with E-state index in [-0.39, 0.29) is 12.4 Å². The monoisotopic (exact) mass is 348 g/mol. The smallest absolute Gasteiger partial charge is 0.176 e. The normalized spacial score (nSPS) is 14.5. The second-order valence-electron chi connectivity index (χ2n) is 6.05. The van der Waals surface area contributed by atoms with Gasteiger partial charge < -0.3 is 18.9 Å². The van der Waals surface area contributed by atoms with Crippen molar-refractivity contribution in [3.8, 4) is 5.75 Å². The third-order valence-electron chi connectivity index (χ3n) is 3.77. The second kappa shape index (κ2) is 12.7. The molecule has 0 spiro atoms. The molecule has 0 radical (unpaired) electrons. The molecule has 0 N–H and O–H groups in total. The van der Waals surface area contributed by atoms with Gasteiger partial charge in [0.1, 0.15) is 5.75 Å². The van der Waals surface area contributed by atoms with Crippen LogP contribution in [0.15, 0.2) is 49.6 Å². The Morgan fingerprint density at radius 2 is 1.88 bits per heavy atom. The summed E-state index contributed by atoms with van der Waals surface area (Å²) in [5.41, 5.74) is 1.13. The Morgan fingerprint density at radius 1 is 1.16 bits per heavy atom. The molecule has 0 bridgehead atoms. The predicted octanol–water partition coefficient (Wildman–Crippen LogP) is 4.75. The van der Waals surface area contributed by atoms with Crippen LogP contribution >= 0.6 is 0 Å². The summed E-state index contributed by atoms with van der Waals surface area (Å²) in [4.78, 5) is 0. The van der Waals surface area contributed by atoms with Gasteiger partial charge in [-0.25, -0.2) is 0 Å². The topological polar surface area (TPSA) is 36.9 Å². The van der Waals surface area contributed by atoms with Gasteiger partial charge in [0, 0.05) is 13.2 Å². The van der Waals surface area contributed by atoms with Crippen molar-refractivity contribution >= 4 is 0 Å². The maximum atomic E-state index is 5.96. The maximum Gasteiger partial charge on any atom is 0.176 e. The quantitative estimate of drug-likeness (QED) is 0.359. The summed E-state index contributed by atoms with van der Waals surface area (Å²) in [6.45, 7) is 13.5. The molecule has 1 unspecified atom stereocenters. The SMILES string of the molecule is C=CC[C@@H](C[C@@H](C)COCc1ccc(OC)cc1)OC(C=C)OCC. The molecule has 1 rings (SSSR count). The van der Waals surface area contributed by atoms with Crippen LogP contribution in [-0.2, 0) is 20.8 Å². The highest BCUT2D eigenvalue weighted by Crippen LogP contribution is 2.17. The van der Waals surface area contributed by atoms with E-state index in [1.165, 1.54) is 0 Å². The molecule has 1 aromatic rings. The zero-order valence-electron chi connectivity index (χ0n) is 15.8. The predicted molar refractivity (Wildman–Crippen MR) is 102 cm³/mol. The summed E-state index contributed by atoms with van der Waals surface area (Å²) < 4.78 is 22.4. The lowest BCUT2D eigenvalue weighted by Gasteiger charge is -2.24. The number of hydrogen-bond acceptors (Lipinski definition) is 4. The van der Waals surface area contributed by atoms with Crippen LogP contribution in [-0.4, -0.2) is 32.7 Å². The first-order valence-electron chi connectivity index (χ1n) is 8.84. The zero-order valence-corrected chi connectivity index (χ0v) is 15.8. The molecule has 0 heterocycles. The molecule has 1 aromatic carbocycles. The van der Waals surface area contributed by atoms with E-state index in [2.05, 4.69) is 20.1 Å². The molecular formula is C21H32O4. The summed E-state index contributed by atoms with van der Waals surface area (Å²) in [7, 11) is 1.66. The lowest BCUT2D eigenvalue weighted by atomic mass is 10.0. The van der Waals surface area contributed by atoms with Crippen LogP contribution in [0.3, 0.4) is 0 Å². The molecule has 4 heteroatoms. The van der Waals surface area contributed by atoms with E-state index in [1.807, 2.05) is 37.3 Å². The Balaban J connectivity index is 2.38. The van der Waals surface area contributed by atoms with Crippen molar-refractivity contribution in [1.29, 1.82) is 0 Å². The minimum atomic E-state index is -0.373. The van der Waals surface area contributed by atoms with Gasteiger partial charge in [0.2, 0.25) is 0 Å². The number of methoxy groups -OCH3 is 1. The van der Waals surface area contributed by atoms with Gasteiger partial charge in [-0.15, -0.1) is 6.58 Å². The Bertz CT molecular complexity index is 483. The zero-order chi connectivity index (χ0) is 18.5. The van der Waals surface area contributed by atoms with E-state index in [0.717, 1.165) is 24.2 Å². The van der Waals surface area contributed by atoms with Crippen molar-refractivity contribution in [3.63, 3.8) is 0 Å². The first-order valence-corrected chi connectivity index (χ1v) is 8.84. The van der Waals surface area contributed by atoms with Crippen molar-refractivity contribution in [2.24, 2.45) is 5.92 Å². The fourth-order valence-corrected chi connectivity index (χ4v) is 2.53. The largest absolute Gasteiger partial charge is 0.497 e. The summed E-state index contributed by atoms with van der Waals surface area (Å²) in [5.74, 6) is 1.22. The van der Waals surface area contributed by atoms with Gasteiger partial charge >= 0.3 is 0 Å². The Hall–Kier alpha value is -1.62. The standard InChI is InChI=1S/C21H32O4/c1-6-9-20(25-21(7-2)24-8-3)14-17(4)15-23-16-18-10-12-19(22-5)13-11-18/h6-7,10-13,17,20-21H,1-2,8-9,14-16H2,3-5H3/t17-,20+,21?/m1/s1. The highest BCUT2D eigenvalue weighted by Gasteiger charge is 2.17. The summed E-state index contributed by atoms with van der Waals surface area (Å²) in [6.07, 6.45) is 4.90. The molecule has 0 saturated carbocycles. The second-order valence-corrected chi connectivity index (χ2v) is 6.05. The Morgan fingerprint density at radius 3 is 2.44 bits per heavy atom. The van der Waals surface area contributed by atoms with Gasteiger partial charge in [0.15, 0.2) is 6.29 Å². The van der Waals surface area contributed by atoms with Gasteiger partial charge in [-0.05, 0) is 49.5 Å². The molecule has 3 atom stereocenters. The van der Waals surface area contributed by atoms with E-state index < -0.39 is 0 Å². The van der Waals surface area contributed by atoms with E-state index in [9.17, 15) is 0 Å². The van der Waals surface area contributed by atoms with Crippen molar-refractivity contribution in [2.45, 2.75) is 45.7 Å². The molecular weight excluding hydrogens is 316 g/mol. The van der Waals surface area contributed by atoms with Crippen LogP contribution < -0.4 is 4.74 Å². The van der Waals surface area contributed by atoms with Crippen LogP contribution in [0.2, 0.25) is 0 Å². The van der Waals surface area contributed by atoms with Gasteiger partial charge in [-0.2, -0.15) is 0 Å². The van der Waals surface area contributed by atoms with Gasteiger partial charge in [-0.3, -0.25) is 0 Å². The minimum absolute atomic E-state index is 0.0478. The first-order chi connectivity index (χ1) is 12.1. The maximum absolute atomic E-state index is 5.96. The highest BCUT2D eigenvalue weighted by molar-refractivity contribution is 5.26. The molecule has 25 heavy (non-hydrogen) atoms. The van der Waals surface area contributed by atoms with Gasteiger partial charge in [0.25, 0.3) is 0 Å². The van der Waals surface area contributed by atoms with E-state index >= 15 is 0 Å². The lowest BCUT2D eigenvalue weighted by molar-refractivity contribution is -0.144. The number of ether oxygens (including phenoxy) is 4. The van der Waals surface area contributed by atoms with E-state index in [1.54, 1.807) is 13.2 Å². The van der Waals surface area contributed by atoms with Crippen LogP contribution in [0.1, 0.15) is 32.3 Å². The fraction of sp³-hybridized carbons (Fsp3) is 0.524. The van der Waals surface area contributed by atoms with Crippen LogP contribution in [0, 0.1) is 5.92 Å². The Labute approximate surface area is 152 Å². The van der Waals surface area contributed by atoms with Crippen molar-refractivity contribution in [3.05, 3.63) is 55.1 Å². The molecule has 0 aliphatic rings. The average molecular weight is 348 g/mol. The van der Waals surface area contributed by atoms with Crippen LogP contribution in [0.25, 0.3) is 0 Å². The third-order valence-corrected chi connectivity index (χ3v) is 3.77. The molecule has 0 fully saturated rings. The molecule has 0 aromatic heterocycles. The molecule has 4 nitrogen and oxygen atoms in total. The number of benzene rings is 1. The van der Waals surface area contributed by atoms with E-state index in [0.29, 0.717) is 25.7 Å². The summed E-state index contributed by atoms with van der Waals surface area (Å²) in [6, 6.07) is 7.92. The number of hydrogen-bond donors (Lipinski definition) is 0. The Kier molecular flexibility index (Phi) is 10.9. The first kappa shape index (κ1) is 21.4. The molecule has 0 aliphatic heterocycles. The molecule has 0 saturated heterocycles. The van der Waals surface area contributed by atoms with Gasteiger partial charge in [-0.1, -0.05) is 31.7 Å². The lowest BCUT2D eigenvalue weighted by Crippen LogP contribution is -2.25. The van der Waals surface area contributed by atoms with Crippen molar-refractivity contribution in [2.75, 3.05) is 20.3 Å². The highest BCUT2D eigenvalue weighted by atomic mass is 16.7. The van der Waals surface area contributed by atoms with Crippen molar-refractivity contribution < 1.29 is 18.9 Å². The van der Waals surface area contributed by atoms with Crippen LogP contribution in [0.4, 0.5) is 0 Å². The van der Waals surface area contributed by atoms with Gasteiger partial charge in [0.05, 0.1) is 19.8 Å². The summed E-state index contributed by atoms with van der Waals surface area (Å²) in [5, 5.41) is 0. The minimum Gasteiger partial charge on any atom is -0.497 e.